The van der Waals surface area contributed by atoms with E-state index in [4.69, 9.17) is 14.2 Å². The van der Waals surface area contributed by atoms with Crippen molar-refractivity contribution in [3.8, 4) is 11.5 Å². The maximum atomic E-state index is 11.7. The Bertz CT molecular complexity index is 561. The Balaban J connectivity index is 2.48. The molecule has 0 saturated heterocycles. The van der Waals surface area contributed by atoms with Crippen molar-refractivity contribution < 1.29 is 28.6 Å². The lowest BCUT2D eigenvalue weighted by atomic mass is 10.3. The normalized spacial score (nSPS) is 11.1. The van der Waals surface area contributed by atoms with Gasteiger partial charge in [0.05, 0.1) is 6.61 Å². The molecule has 0 unspecified atom stereocenters. The van der Waals surface area contributed by atoms with E-state index in [2.05, 4.69) is 5.32 Å². The van der Waals surface area contributed by atoms with Gasteiger partial charge in [-0.3, -0.25) is 10.1 Å². The van der Waals surface area contributed by atoms with Crippen LogP contribution in [0.4, 0.5) is 4.79 Å². The van der Waals surface area contributed by atoms with Gasteiger partial charge in [0, 0.05) is 7.05 Å². The van der Waals surface area contributed by atoms with Crippen LogP contribution >= 0.6 is 0 Å². The van der Waals surface area contributed by atoms with Crippen molar-refractivity contribution in [3.05, 3.63) is 24.3 Å². The van der Waals surface area contributed by atoms with Gasteiger partial charge in [0.1, 0.15) is 0 Å². The Labute approximate surface area is 134 Å². The second-order valence-corrected chi connectivity index (χ2v) is 4.37. The number of esters is 1. The molecule has 0 aliphatic rings. The van der Waals surface area contributed by atoms with Crippen LogP contribution in [0.5, 0.6) is 11.5 Å². The molecule has 8 heteroatoms. The summed E-state index contributed by atoms with van der Waals surface area (Å²) in [6, 6.07) is 6.20. The average molecular weight is 324 g/mol. The van der Waals surface area contributed by atoms with E-state index >= 15 is 0 Å². The minimum atomic E-state index is -1.12. The zero-order valence-corrected chi connectivity index (χ0v) is 13.3. The number of urea groups is 1. The van der Waals surface area contributed by atoms with E-state index in [0.29, 0.717) is 18.1 Å². The van der Waals surface area contributed by atoms with Gasteiger partial charge >= 0.3 is 12.0 Å². The van der Waals surface area contributed by atoms with Crippen molar-refractivity contribution in [1.29, 1.82) is 0 Å². The lowest BCUT2D eigenvalue weighted by Crippen LogP contribution is -2.43. The number of nitrogens with one attached hydrogen (secondary N) is 2. The van der Waals surface area contributed by atoms with Crippen LogP contribution < -0.4 is 20.1 Å². The second-order valence-electron chi connectivity index (χ2n) is 4.37. The predicted octanol–water partition coefficient (Wildman–Crippen LogP) is 0.851. The van der Waals surface area contributed by atoms with Crippen LogP contribution in [0.25, 0.3) is 0 Å². The number of rotatable bonds is 7. The Morgan fingerprint density at radius 2 is 1.74 bits per heavy atom. The molecule has 2 N–H and O–H groups in total. The molecule has 0 aliphatic heterocycles. The standard InChI is InChI=1S/C15H20N2O6/c1-4-21-11-7-5-6-8-12(11)22-9-13(18)23-10(2)14(19)17-15(20)16-3/h5-8,10H,4,9H2,1-3H3,(H2,16,17,19,20)/t10-/m1/s1. The summed E-state index contributed by atoms with van der Waals surface area (Å²) in [5.41, 5.74) is 0. The maximum absolute atomic E-state index is 11.7. The summed E-state index contributed by atoms with van der Waals surface area (Å²) in [6.45, 7) is 3.26. The predicted molar refractivity (Wildman–Crippen MR) is 81.3 cm³/mol. The van der Waals surface area contributed by atoms with Crippen molar-refractivity contribution >= 4 is 17.9 Å². The summed E-state index contributed by atoms with van der Waals surface area (Å²) in [5, 5.41) is 4.23. The van der Waals surface area contributed by atoms with Crippen molar-refractivity contribution in [1.82, 2.24) is 10.6 Å². The molecule has 0 aliphatic carbocycles. The Morgan fingerprint density at radius 1 is 1.13 bits per heavy atom. The lowest BCUT2D eigenvalue weighted by molar-refractivity contribution is -0.156. The van der Waals surface area contributed by atoms with Gasteiger partial charge in [0.25, 0.3) is 5.91 Å². The first-order chi connectivity index (χ1) is 11.0. The molecule has 23 heavy (non-hydrogen) atoms. The second kappa shape index (κ2) is 9.29. The highest BCUT2D eigenvalue weighted by Crippen LogP contribution is 2.26. The first-order valence-electron chi connectivity index (χ1n) is 7.04. The quantitative estimate of drug-likeness (QED) is 0.721. The summed E-state index contributed by atoms with van der Waals surface area (Å²) in [5.74, 6) is -0.565. The van der Waals surface area contributed by atoms with E-state index < -0.39 is 24.0 Å². The zero-order valence-electron chi connectivity index (χ0n) is 13.3. The van der Waals surface area contributed by atoms with Crippen molar-refractivity contribution in [2.45, 2.75) is 20.0 Å². The molecular formula is C15H20N2O6. The van der Waals surface area contributed by atoms with Gasteiger partial charge in [-0.2, -0.15) is 0 Å². The van der Waals surface area contributed by atoms with Gasteiger partial charge in [-0.15, -0.1) is 0 Å². The summed E-state index contributed by atoms with van der Waals surface area (Å²) >= 11 is 0. The molecule has 0 spiro atoms. The van der Waals surface area contributed by atoms with Gasteiger partial charge in [0.15, 0.2) is 24.2 Å². The fourth-order valence-corrected chi connectivity index (χ4v) is 1.54. The van der Waals surface area contributed by atoms with E-state index in [1.54, 1.807) is 24.3 Å². The smallest absolute Gasteiger partial charge is 0.344 e. The SMILES string of the molecule is CCOc1ccccc1OCC(=O)O[C@H](C)C(=O)NC(=O)NC. The van der Waals surface area contributed by atoms with E-state index in [1.807, 2.05) is 12.2 Å². The number of imide groups is 1. The van der Waals surface area contributed by atoms with Crippen LogP contribution in [0.3, 0.4) is 0 Å². The minimum absolute atomic E-state index is 0.387. The summed E-state index contributed by atoms with van der Waals surface area (Å²) in [7, 11) is 1.36. The third-order valence-corrected chi connectivity index (χ3v) is 2.64. The molecular weight excluding hydrogens is 304 g/mol. The van der Waals surface area contributed by atoms with Crippen LogP contribution in [-0.2, 0) is 14.3 Å². The van der Waals surface area contributed by atoms with Gasteiger partial charge < -0.3 is 19.5 Å². The number of carbonyl (C=O) groups excluding carboxylic acids is 3. The maximum Gasteiger partial charge on any atom is 0.344 e. The minimum Gasteiger partial charge on any atom is -0.490 e. The van der Waals surface area contributed by atoms with Gasteiger partial charge in [0.2, 0.25) is 0 Å². The molecule has 3 amide bonds. The van der Waals surface area contributed by atoms with Crippen LogP contribution in [0, 0.1) is 0 Å². The molecule has 126 valence electrons. The van der Waals surface area contributed by atoms with E-state index in [0.717, 1.165) is 0 Å². The highest BCUT2D eigenvalue weighted by Gasteiger charge is 2.20. The van der Waals surface area contributed by atoms with E-state index in [1.165, 1.54) is 14.0 Å². The van der Waals surface area contributed by atoms with Crippen LogP contribution in [0.1, 0.15) is 13.8 Å². The summed E-state index contributed by atoms with van der Waals surface area (Å²) in [4.78, 5) is 34.2. The fraction of sp³-hybridized carbons (Fsp3) is 0.400. The van der Waals surface area contributed by atoms with Gasteiger partial charge in [-0.05, 0) is 26.0 Å². The first-order valence-corrected chi connectivity index (χ1v) is 7.04. The molecule has 1 aromatic carbocycles. The third-order valence-electron chi connectivity index (χ3n) is 2.64. The molecule has 0 bridgehead atoms. The lowest BCUT2D eigenvalue weighted by Gasteiger charge is -2.14. The Morgan fingerprint density at radius 3 is 2.30 bits per heavy atom. The number of ether oxygens (including phenoxy) is 3. The van der Waals surface area contributed by atoms with Crippen molar-refractivity contribution in [2.24, 2.45) is 0 Å². The summed E-state index contributed by atoms with van der Waals surface area (Å²) in [6.07, 6.45) is -1.12. The average Bonchev–Trinajstić information content (AvgIpc) is 2.54. The molecule has 0 fully saturated rings. The molecule has 1 atom stereocenters. The van der Waals surface area contributed by atoms with Crippen LogP contribution in [-0.4, -0.2) is 44.3 Å². The van der Waals surface area contributed by atoms with Gasteiger partial charge in [-0.25, -0.2) is 9.59 Å². The molecule has 0 saturated carbocycles. The van der Waals surface area contributed by atoms with Crippen molar-refractivity contribution in [2.75, 3.05) is 20.3 Å². The van der Waals surface area contributed by atoms with E-state index in [9.17, 15) is 14.4 Å². The van der Waals surface area contributed by atoms with E-state index in [-0.39, 0.29) is 6.61 Å². The molecule has 0 aromatic heterocycles. The fourth-order valence-electron chi connectivity index (χ4n) is 1.54. The highest BCUT2D eigenvalue weighted by atomic mass is 16.6. The Kier molecular flexibility index (Phi) is 7.38. The molecule has 0 radical (unpaired) electrons. The number of para-hydroxylation sites is 2. The monoisotopic (exact) mass is 324 g/mol. The third kappa shape index (κ3) is 6.25. The zero-order chi connectivity index (χ0) is 17.2. The molecule has 1 aromatic rings. The topological polar surface area (TPSA) is 103 Å². The summed E-state index contributed by atoms with van der Waals surface area (Å²) < 4.78 is 15.6. The number of carbonyl (C=O) groups is 3. The van der Waals surface area contributed by atoms with Crippen LogP contribution in [0.2, 0.25) is 0 Å². The number of hydrogen-bond acceptors (Lipinski definition) is 6. The number of amides is 3. The molecule has 1 rings (SSSR count). The molecule has 8 nitrogen and oxygen atoms in total. The van der Waals surface area contributed by atoms with Gasteiger partial charge in [-0.1, -0.05) is 12.1 Å². The largest absolute Gasteiger partial charge is 0.490 e. The van der Waals surface area contributed by atoms with Crippen molar-refractivity contribution in [3.63, 3.8) is 0 Å². The number of hydrogen-bond donors (Lipinski definition) is 2. The first kappa shape index (κ1) is 18.3. The Hall–Kier alpha value is -2.77. The highest BCUT2D eigenvalue weighted by molar-refractivity contribution is 5.97. The van der Waals surface area contributed by atoms with Crippen LogP contribution in [0.15, 0.2) is 24.3 Å². The molecule has 0 heterocycles. The number of benzene rings is 1.